The Balaban J connectivity index is 1.45. The Bertz CT molecular complexity index is 1130. The molecule has 1 N–H and O–H groups in total. The third kappa shape index (κ3) is 4.75. The highest BCUT2D eigenvalue weighted by Gasteiger charge is 2.11. The molecule has 0 unspecified atom stereocenters. The average Bonchev–Trinajstić information content (AvgIpc) is 3.27. The van der Waals surface area contributed by atoms with Gasteiger partial charge in [-0.05, 0) is 64.4 Å². The lowest BCUT2D eigenvalue weighted by Gasteiger charge is -2.08. The van der Waals surface area contributed by atoms with Gasteiger partial charge in [-0.3, -0.25) is 4.79 Å². The summed E-state index contributed by atoms with van der Waals surface area (Å²) in [7, 11) is 0. The van der Waals surface area contributed by atoms with Gasteiger partial charge in [0.1, 0.15) is 0 Å². The van der Waals surface area contributed by atoms with E-state index in [1.165, 1.54) is 11.1 Å². The van der Waals surface area contributed by atoms with Gasteiger partial charge < -0.3 is 5.32 Å². The van der Waals surface area contributed by atoms with Crippen molar-refractivity contribution in [3.05, 3.63) is 95.6 Å². The maximum Gasteiger partial charge on any atom is 0.255 e. The topological polar surface area (TPSA) is 72.7 Å². The van der Waals surface area contributed by atoms with E-state index < -0.39 is 0 Å². The molecule has 4 aromatic rings. The van der Waals surface area contributed by atoms with Crippen molar-refractivity contribution in [2.75, 3.05) is 5.32 Å². The first-order valence-electron chi connectivity index (χ1n) is 9.69. The van der Waals surface area contributed by atoms with Gasteiger partial charge in [-0.2, -0.15) is 4.68 Å². The smallest absolute Gasteiger partial charge is 0.255 e. The quantitative estimate of drug-likeness (QED) is 0.440. The second kappa shape index (κ2) is 9.37. The first-order chi connectivity index (χ1) is 14.7. The van der Waals surface area contributed by atoms with Crippen molar-refractivity contribution in [1.82, 2.24) is 20.2 Å². The molecule has 0 radical (unpaired) electrons. The fourth-order valence-electron chi connectivity index (χ4n) is 2.98. The molecule has 150 valence electrons. The van der Waals surface area contributed by atoms with Crippen molar-refractivity contribution >= 4 is 23.4 Å². The van der Waals surface area contributed by atoms with Crippen molar-refractivity contribution < 1.29 is 4.79 Å². The van der Waals surface area contributed by atoms with Crippen LogP contribution in [0.5, 0.6) is 0 Å². The summed E-state index contributed by atoms with van der Waals surface area (Å²) in [6.45, 7) is 2.09. The van der Waals surface area contributed by atoms with E-state index in [4.69, 9.17) is 0 Å². The molecule has 0 saturated carbocycles. The van der Waals surface area contributed by atoms with Crippen LogP contribution in [0.1, 0.15) is 28.4 Å². The van der Waals surface area contributed by atoms with Gasteiger partial charge in [-0.15, -0.1) is 5.10 Å². The molecular formula is C23H21N5OS. The molecule has 7 heteroatoms. The zero-order chi connectivity index (χ0) is 20.8. The number of tetrazole rings is 1. The second-order valence-corrected chi connectivity index (χ2v) is 7.64. The summed E-state index contributed by atoms with van der Waals surface area (Å²) in [5.74, 6) is 0.628. The molecule has 0 atom stereocenters. The Morgan fingerprint density at radius 2 is 1.73 bits per heavy atom. The standard InChI is InChI=1S/C23H21N5OS/c1-2-17-9-6-10-20(15-17)24-22(29)19-11-13-21(14-12-19)28-23(25-26-27-28)30-16-18-7-4-3-5-8-18/h3-15H,2,16H2,1H3,(H,24,29). The molecule has 6 nitrogen and oxygen atoms in total. The molecule has 0 fully saturated rings. The van der Waals surface area contributed by atoms with Crippen LogP contribution in [0.25, 0.3) is 5.69 Å². The Labute approximate surface area is 179 Å². The van der Waals surface area contributed by atoms with Gasteiger partial charge in [-0.25, -0.2) is 0 Å². The van der Waals surface area contributed by atoms with Crippen LogP contribution in [0.3, 0.4) is 0 Å². The minimum Gasteiger partial charge on any atom is -0.322 e. The first kappa shape index (κ1) is 19.8. The molecule has 3 aromatic carbocycles. The average molecular weight is 416 g/mol. The highest BCUT2D eigenvalue weighted by molar-refractivity contribution is 7.98. The number of aryl methyl sites for hydroxylation is 1. The molecule has 1 amide bonds. The highest BCUT2D eigenvalue weighted by atomic mass is 32.2. The molecule has 0 saturated heterocycles. The number of amides is 1. The number of rotatable bonds is 7. The van der Waals surface area contributed by atoms with E-state index in [1.807, 2.05) is 54.6 Å². The summed E-state index contributed by atoms with van der Waals surface area (Å²) in [5, 5.41) is 15.7. The fourth-order valence-corrected chi connectivity index (χ4v) is 3.83. The molecule has 0 aliphatic carbocycles. The molecule has 1 aromatic heterocycles. The number of aromatic nitrogens is 4. The molecule has 0 spiro atoms. The molecule has 30 heavy (non-hydrogen) atoms. The van der Waals surface area contributed by atoms with Crippen LogP contribution >= 0.6 is 11.8 Å². The number of carbonyl (C=O) groups is 1. The number of nitrogens with one attached hydrogen (secondary N) is 1. The van der Waals surface area contributed by atoms with Gasteiger partial charge in [0, 0.05) is 17.0 Å². The predicted molar refractivity (Wildman–Crippen MR) is 119 cm³/mol. The lowest BCUT2D eigenvalue weighted by Crippen LogP contribution is -2.12. The number of carbonyl (C=O) groups excluding carboxylic acids is 1. The van der Waals surface area contributed by atoms with E-state index in [0.717, 1.165) is 23.5 Å². The van der Waals surface area contributed by atoms with Gasteiger partial charge in [0.2, 0.25) is 5.16 Å². The molecule has 1 heterocycles. The summed E-state index contributed by atoms with van der Waals surface area (Å²) in [6, 6.07) is 25.3. The first-order valence-corrected chi connectivity index (χ1v) is 10.7. The van der Waals surface area contributed by atoms with E-state index in [-0.39, 0.29) is 5.91 Å². The maximum atomic E-state index is 12.6. The summed E-state index contributed by atoms with van der Waals surface area (Å²) >= 11 is 1.56. The molecular weight excluding hydrogens is 394 g/mol. The predicted octanol–water partition coefficient (Wildman–Crippen LogP) is 4.77. The Morgan fingerprint density at radius 3 is 2.50 bits per heavy atom. The number of hydrogen-bond donors (Lipinski definition) is 1. The zero-order valence-electron chi connectivity index (χ0n) is 16.5. The number of nitrogens with zero attached hydrogens (tertiary/aromatic N) is 4. The largest absolute Gasteiger partial charge is 0.322 e. The van der Waals surface area contributed by atoms with Gasteiger partial charge >= 0.3 is 0 Å². The summed E-state index contributed by atoms with van der Waals surface area (Å²) in [5.41, 5.74) is 4.56. The monoisotopic (exact) mass is 415 g/mol. The van der Waals surface area contributed by atoms with Crippen molar-refractivity contribution in [2.45, 2.75) is 24.3 Å². The summed E-state index contributed by atoms with van der Waals surface area (Å²) in [6.07, 6.45) is 0.926. The van der Waals surface area contributed by atoms with Crippen LogP contribution in [-0.2, 0) is 12.2 Å². The fraction of sp³-hybridized carbons (Fsp3) is 0.130. The minimum absolute atomic E-state index is 0.148. The number of thioether (sulfide) groups is 1. The van der Waals surface area contributed by atoms with Gasteiger partial charge in [0.15, 0.2) is 0 Å². The lowest BCUT2D eigenvalue weighted by molar-refractivity contribution is 0.102. The van der Waals surface area contributed by atoms with E-state index in [0.29, 0.717) is 10.7 Å². The minimum atomic E-state index is -0.148. The number of benzene rings is 3. The van der Waals surface area contributed by atoms with Gasteiger partial charge in [-0.1, -0.05) is 61.2 Å². The lowest BCUT2D eigenvalue weighted by atomic mass is 10.1. The third-order valence-electron chi connectivity index (χ3n) is 4.62. The van der Waals surface area contributed by atoms with Crippen molar-refractivity contribution in [1.29, 1.82) is 0 Å². The van der Waals surface area contributed by atoms with Crippen molar-refractivity contribution in [3.8, 4) is 5.69 Å². The van der Waals surface area contributed by atoms with E-state index in [9.17, 15) is 4.79 Å². The summed E-state index contributed by atoms with van der Waals surface area (Å²) in [4.78, 5) is 12.6. The van der Waals surface area contributed by atoms with Crippen LogP contribution in [-0.4, -0.2) is 26.1 Å². The Kier molecular flexibility index (Phi) is 6.20. The van der Waals surface area contributed by atoms with Crippen molar-refractivity contribution in [3.63, 3.8) is 0 Å². The Hall–Kier alpha value is -3.45. The molecule has 4 rings (SSSR count). The number of hydrogen-bond acceptors (Lipinski definition) is 5. The summed E-state index contributed by atoms with van der Waals surface area (Å²) < 4.78 is 1.68. The third-order valence-corrected chi connectivity index (χ3v) is 5.61. The van der Waals surface area contributed by atoms with E-state index in [1.54, 1.807) is 28.6 Å². The maximum absolute atomic E-state index is 12.6. The van der Waals surface area contributed by atoms with Crippen LogP contribution < -0.4 is 5.32 Å². The SMILES string of the molecule is CCc1cccc(NC(=O)c2ccc(-n3nnnc3SCc3ccccc3)cc2)c1. The van der Waals surface area contributed by atoms with Crippen LogP contribution in [0, 0.1) is 0 Å². The van der Waals surface area contributed by atoms with Crippen LogP contribution in [0.4, 0.5) is 5.69 Å². The normalized spacial score (nSPS) is 10.7. The molecule has 0 aliphatic rings. The molecule has 0 aliphatic heterocycles. The van der Waals surface area contributed by atoms with Crippen LogP contribution in [0.2, 0.25) is 0 Å². The van der Waals surface area contributed by atoms with Gasteiger partial charge in [0.05, 0.1) is 5.69 Å². The number of anilines is 1. The van der Waals surface area contributed by atoms with Crippen molar-refractivity contribution in [2.24, 2.45) is 0 Å². The second-order valence-electron chi connectivity index (χ2n) is 6.70. The van der Waals surface area contributed by atoms with E-state index >= 15 is 0 Å². The van der Waals surface area contributed by atoms with E-state index in [2.05, 4.69) is 39.9 Å². The Morgan fingerprint density at radius 1 is 0.967 bits per heavy atom. The van der Waals surface area contributed by atoms with Crippen LogP contribution in [0.15, 0.2) is 84.0 Å². The molecule has 0 bridgehead atoms. The highest BCUT2D eigenvalue weighted by Crippen LogP contribution is 2.22. The van der Waals surface area contributed by atoms with Gasteiger partial charge in [0.25, 0.3) is 5.91 Å². The zero-order valence-corrected chi connectivity index (χ0v) is 17.3.